The van der Waals surface area contributed by atoms with Crippen LogP contribution in [-0.2, 0) is 19.2 Å². The molecule has 0 bridgehead atoms. The minimum atomic E-state index is -1.11. The summed E-state index contributed by atoms with van der Waals surface area (Å²) in [5.74, 6) is -2.55. The molecule has 30 heavy (non-hydrogen) atoms. The fourth-order valence-electron chi connectivity index (χ4n) is 3.74. The number of Topliss-reactive ketones (excluding diaryl/α,β-unsaturated/α-hetero) is 1. The minimum absolute atomic E-state index is 0.00489. The van der Waals surface area contributed by atoms with Crippen molar-refractivity contribution in [1.29, 1.82) is 0 Å². The summed E-state index contributed by atoms with van der Waals surface area (Å²) in [5.41, 5.74) is -0.0671. The lowest BCUT2D eigenvalue weighted by atomic mass is 10.1. The lowest BCUT2D eigenvalue weighted by Gasteiger charge is -2.41. The first-order chi connectivity index (χ1) is 14.4. The van der Waals surface area contributed by atoms with Gasteiger partial charge in [-0.1, -0.05) is 6.07 Å². The number of fused-ring (bicyclic) bond motifs is 1. The zero-order valence-electron chi connectivity index (χ0n) is 16.8. The van der Waals surface area contributed by atoms with Crippen molar-refractivity contribution in [1.82, 2.24) is 15.3 Å². The molecule has 2 aliphatic heterocycles. The molecule has 0 aliphatic carbocycles. The Hall–Kier alpha value is -3.43. The van der Waals surface area contributed by atoms with E-state index < -0.39 is 29.7 Å². The molecule has 2 fully saturated rings. The molecule has 2 aliphatic rings. The summed E-state index contributed by atoms with van der Waals surface area (Å²) >= 11 is 0. The van der Waals surface area contributed by atoms with Crippen LogP contribution in [0.4, 0.5) is 0 Å². The third-order valence-corrected chi connectivity index (χ3v) is 5.23. The van der Waals surface area contributed by atoms with Crippen LogP contribution < -0.4 is 14.8 Å². The number of rotatable bonds is 6. The van der Waals surface area contributed by atoms with Crippen LogP contribution in [0, 0.1) is 0 Å². The second-order valence-corrected chi connectivity index (χ2v) is 6.98. The first-order valence-corrected chi connectivity index (χ1v) is 9.57. The fourth-order valence-corrected chi connectivity index (χ4v) is 3.74. The highest BCUT2D eigenvalue weighted by Gasteiger charge is 2.42. The predicted octanol–water partition coefficient (Wildman–Crippen LogP) is 0.0986. The first kappa shape index (κ1) is 21.3. The quantitative estimate of drug-likeness (QED) is 0.396. The number of nitrogens with zero attached hydrogens (tertiary/aromatic N) is 2. The number of hydrogen-bond donors (Lipinski definition) is 1. The summed E-state index contributed by atoms with van der Waals surface area (Å²) in [5, 5.41) is 4.80. The van der Waals surface area contributed by atoms with E-state index in [1.165, 1.54) is 31.4 Å². The number of ketones is 1. The molecule has 3 rings (SSSR count). The maximum atomic E-state index is 13.0. The minimum Gasteiger partial charge on any atom is -0.496 e. The van der Waals surface area contributed by atoms with Crippen molar-refractivity contribution < 1.29 is 33.4 Å². The molecule has 1 aromatic carbocycles. The number of benzene rings is 1. The summed E-state index contributed by atoms with van der Waals surface area (Å²) in [4.78, 5) is 62.4. The van der Waals surface area contributed by atoms with Gasteiger partial charge in [0.15, 0.2) is 0 Å². The molecule has 1 aromatic rings. The van der Waals surface area contributed by atoms with Gasteiger partial charge in [-0.25, -0.2) is 5.01 Å². The zero-order chi connectivity index (χ0) is 21.8. The molecule has 10 nitrogen and oxygen atoms in total. The van der Waals surface area contributed by atoms with Crippen molar-refractivity contribution in [3.8, 4) is 11.5 Å². The Kier molecular flexibility index (Phi) is 6.34. The standard InChI is InChI=1S/C20H23N3O7/c1-29-14-6-3-7-15(30-2)17(14)18(26)19(27)21-13-8-9-16(25)22-10-4-5-12(11-24)23(22)20(13)28/h3,6-7,11-13H,4-5,8-10H2,1-2H3,(H,21,27)/t12-,13-/m0/s1. The van der Waals surface area contributed by atoms with Crippen molar-refractivity contribution in [2.75, 3.05) is 20.8 Å². The van der Waals surface area contributed by atoms with Crippen LogP contribution in [-0.4, -0.2) is 72.7 Å². The molecule has 2 heterocycles. The molecular weight excluding hydrogens is 394 g/mol. The molecule has 2 atom stereocenters. The number of hydrazine groups is 1. The number of ether oxygens (including phenoxy) is 2. The van der Waals surface area contributed by atoms with E-state index in [4.69, 9.17) is 9.47 Å². The third-order valence-electron chi connectivity index (χ3n) is 5.23. The third kappa shape index (κ3) is 3.85. The molecule has 0 unspecified atom stereocenters. The summed E-state index contributed by atoms with van der Waals surface area (Å²) in [6.07, 6.45) is 1.68. The van der Waals surface area contributed by atoms with E-state index in [9.17, 15) is 24.0 Å². The highest BCUT2D eigenvalue weighted by Crippen LogP contribution is 2.29. The summed E-state index contributed by atoms with van der Waals surface area (Å²) in [7, 11) is 2.71. The molecule has 160 valence electrons. The van der Waals surface area contributed by atoms with Crippen molar-refractivity contribution in [2.45, 2.75) is 37.8 Å². The molecule has 3 amide bonds. The van der Waals surface area contributed by atoms with E-state index >= 15 is 0 Å². The van der Waals surface area contributed by atoms with Gasteiger partial charge in [-0.3, -0.25) is 24.2 Å². The van der Waals surface area contributed by atoms with Crippen LogP contribution in [0.1, 0.15) is 36.0 Å². The van der Waals surface area contributed by atoms with E-state index in [0.29, 0.717) is 25.7 Å². The zero-order valence-corrected chi connectivity index (χ0v) is 16.8. The molecule has 0 radical (unpaired) electrons. The molecule has 1 N–H and O–H groups in total. The van der Waals surface area contributed by atoms with Gasteiger partial charge in [0.2, 0.25) is 5.91 Å². The van der Waals surface area contributed by atoms with Gasteiger partial charge in [0.25, 0.3) is 17.6 Å². The van der Waals surface area contributed by atoms with E-state index in [0.717, 1.165) is 5.01 Å². The molecule has 0 spiro atoms. The normalized spacial score (nSPS) is 21.4. The van der Waals surface area contributed by atoms with Crippen LogP contribution in [0.15, 0.2) is 18.2 Å². The Morgan fingerprint density at radius 1 is 1.13 bits per heavy atom. The lowest BCUT2D eigenvalue weighted by Crippen LogP contribution is -2.60. The van der Waals surface area contributed by atoms with E-state index in [-0.39, 0.29) is 35.8 Å². The number of nitrogens with one attached hydrogen (secondary N) is 1. The summed E-state index contributed by atoms with van der Waals surface area (Å²) in [6.45, 7) is 0.326. The van der Waals surface area contributed by atoms with E-state index in [1.54, 1.807) is 6.07 Å². The molecular formula is C20H23N3O7. The highest BCUT2D eigenvalue weighted by atomic mass is 16.5. The second kappa shape index (κ2) is 8.93. The average molecular weight is 417 g/mol. The Bertz CT molecular complexity index is 863. The number of hydrogen-bond acceptors (Lipinski definition) is 7. The Morgan fingerprint density at radius 2 is 1.80 bits per heavy atom. The van der Waals surface area contributed by atoms with Gasteiger partial charge in [0.1, 0.15) is 35.4 Å². The van der Waals surface area contributed by atoms with Gasteiger partial charge < -0.3 is 19.6 Å². The van der Waals surface area contributed by atoms with Gasteiger partial charge in [0.05, 0.1) is 14.2 Å². The van der Waals surface area contributed by atoms with Crippen molar-refractivity contribution >= 4 is 29.8 Å². The molecule has 0 aromatic heterocycles. The maximum Gasteiger partial charge on any atom is 0.293 e. The van der Waals surface area contributed by atoms with Crippen molar-refractivity contribution in [3.63, 3.8) is 0 Å². The number of carbonyl (C=O) groups is 5. The fraction of sp³-hybridized carbons (Fsp3) is 0.450. The van der Waals surface area contributed by atoms with Crippen molar-refractivity contribution in [2.24, 2.45) is 0 Å². The van der Waals surface area contributed by atoms with E-state index in [1.807, 2.05) is 0 Å². The van der Waals surface area contributed by atoms with E-state index in [2.05, 4.69) is 5.32 Å². The van der Waals surface area contributed by atoms with Crippen LogP contribution in [0.5, 0.6) is 11.5 Å². The number of methoxy groups -OCH3 is 2. The lowest BCUT2D eigenvalue weighted by molar-refractivity contribution is -0.173. The van der Waals surface area contributed by atoms with Gasteiger partial charge in [-0.2, -0.15) is 0 Å². The highest BCUT2D eigenvalue weighted by molar-refractivity contribution is 6.44. The number of amides is 3. The molecule has 2 saturated heterocycles. The molecule has 0 saturated carbocycles. The largest absolute Gasteiger partial charge is 0.496 e. The van der Waals surface area contributed by atoms with Crippen LogP contribution in [0.25, 0.3) is 0 Å². The topological polar surface area (TPSA) is 122 Å². The summed E-state index contributed by atoms with van der Waals surface area (Å²) < 4.78 is 10.3. The first-order valence-electron chi connectivity index (χ1n) is 9.57. The average Bonchev–Trinajstić information content (AvgIpc) is 2.89. The Labute approximate surface area is 173 Å². The number of aldehydes is 1. The number of carbonyl (C=O) groups excluding carboxylic acids is 5. The van der Waals surface area contributed by atoms with Crippen molar-refractivity contribution in [3.05, 3.63) is 23.8 Å². The Balaban J connectivity index is 1.84. The Morgan fingerprint density at radius 3 is 2.40 bits per heavy atom. The van der Waals surface area contributed by atoms with Crippen LogP contribution in [0.2, 0.25) is 0 Å². The van der Waals surface area contributed by atoms with Gasteiger partial charge in [-0.15, -0.1) is 0 Å². The smallest absolute Gasteiger partial charge is 0.293 e. The van der Waals surface area contributed by atoms with Gasteiger partial charge in [-0.05, 0) is 31.4 Å². The van der Waals surface area contributed by atoms with Crippen LogP contribution >= 0.6 is 0 Å². The predicted molar refractivity (Wildman–Crippen MR) is 103 cm³/mol. The monoisotopic (exact) mass is 417 g/mol. The van der Waals surface area contributed by atoms with Gasteiger partial charge >= 0.3 is 0 Å². The van der Waals surface area contributed by atoms with Gasteiger partial charge in [0, 0.05) is 13.0 Å². The second-order valence-electron chi connectivity index (χ2n) is 6.98. The SMILES string of the molecule is COc1cccc(OC)c1C(=O)C(=O)N[C@H]1CCC(=O)N2CCC[C@@H](C=O)N2C1=O. The molecule has 10 heteroatoms. The van der Waals surface area contributed by atoms with Crippen LogP contribution in [0.3, 0.4) is 0 Å². The summed E-state index contributed by atoms with van der Waals surface area (Å²) in [6, 6.07) is 2.74. The maximum absolute atomic E-state index is 13.0.